The third-order valence-corrected chi connectivity index (χ3v) is 5.80. The van der Waals surface area contributed by atoms with Crippen LogP contribution in [0.5, 0.6) is 0 Å². The van der Waals surface area contributed by atoms with Crippen molar-refractivity contribution in [3.8, 4) is 0 Å². The quantitative estimate of drug-likeness (QED) is 0.564. The molecule has 0 fully saturated rings. The molecule has 0 radical (unpaired) electrons. The fourth-order valence-corrected chi connectivity index (χ4v) is 3.76. The van der Waals surface area contributed by atoms with Gasteiger partial charge in [-0.3, -0.25) is 4.79 Å². The Morgan fingerprint density at radius 2 is 2.05 bits per heavy atom. The average molecular weight is 377 g/mol. The van der Waals surface area contributed by atoms with Gasteiger partial charge >= 0.3 is 0 Å². The lowest BCUT2D eigenvalue weighted by Crippen LogP contribution is -2.38. The van der Waals surface area contributed by atoms with Gasteiger partial charge in [0.2, 0.25) is 5.91 Å². The lowest BCUT2D eigenvalue weighted by atomic mass is 10.2. The van der Waals surface area contributed by atoms with Crippen LogP contribution in [0.15, 0.2) is 27.6 Å². The Kier molecular flexibility index (Phi) is 6.67. The number of carbonyl (C=O) groups is 1. The number of sulfone groups is 1. The SMILES string of the molecule is CCCCCNC(=O)C(C)S(=O)(=O)c1cc(Br)ccc1N. The number of nitrogens with one attached hydrogen (secondary N) is 1. The fourth-order valence-electron chi connectivity index (χ4n) is 1.82. The second-order valence-electron chi connectivity index (χ2n) is 4.87. The number of nitrogen functional groups attached to an aromatic ring is 1. The van der Waals surface area contributed by atoms with Crippen molar-refractivity contribution in [2.24, 2.45) is 0 Å². The molecular formula is C14H21BrN2O3S. The van der Waals surface area contributed by atoms with Crippen LogP contribution in [0, 0.1) is 0 Å². The molecule has 0 aliphatic heterocycles. The maximum Gasteiger partial charge on any atom is 0.238 e. The van der Waals surface area contributed by atoms with Gasteiger partial charge in [-0.05, 0) is 31.5 Å². The summed E-state index contributed by atoms with van der Waals surface area (Å²) in [6.45, 7) is 3.93. The minimum atomic E-state index is -3.80. The molecule has 1 amide bonds. The molecule has 3 N–H and O–H groups in total. The summed E-state index contributed by atoms with van der Waals surface area (Å²) in [6.07, 6.45) is 2.88. The number of hydrogen-bond donors (Lipinski definition) is 2. The van der Waals surface area contributed by atoms with Crippen molar-refractivity contribution < 1.29 is 13.2 Å². The zero-order valence-corrected chi connectivity index (χ0v) is 14.6. The molecule has 1 rings (SSSR count). The van der Waals surface area contributed by atoms with Crippen LogP contribution in [-0.4, -0.2) is 26.1 Å². The first-order chi connectivity index (χ1) is 9.80. The van der Waals surface area contributed by atoms with E-state index in [0.29, 0.717) is 11.0 Å². The maximum absolute atomic E-state index is 12.5. The van der Waals surface area contributed by atoms with E-state index in [1.807, 2.05) is 0 Å². The van der Waals surface area contributed by atoms with Gasteiger partial charge in [0, 0.05) is 11.0 Å². The van der Waals surface area contributed by atoms with Crippen molar-refractivity contribution in [2.75, 3.05) is 12.3 Å². The van der Waals surface area contributed by atoms with Crippen LogP contribution in [0.1, 0.15) is 33.1 Å². The lowest BCUT2D eigenvalue weighted by Gasteiger charge is -2.15. The molecule has 5 nitrogen and oxygen atoms in total. The summed E-state index contributed by atoms with van der Waals surface area (Å²) < 4.78 is 25.6. The molecule has 0 saturated carbocycles. The monoisotopic (exact) mass is 376 g/mol. The maximum atomic E-state index is 12.5. The van der Waals surface area contributed by atoms with E-state index in [-0.39, 0.29) is 10.6 Å². The number of benzene rings is 1. The summed E-state index contributed by atoms with van der Waals surface area (Å²) in [6, 6.07) is 4.58. The highest BCUT2D eigenvalue weighted by Crippen LogP contribution is 2.26. The second-order valence-corrected chi connectivity index (χ2v) is 8.02. The molecule has 21 heavy (non-hydrogen) atoms. The van der Waals surface area contributed by atoms with Gasteiger partial charge in [0.15, 0.2) is 9.84 Å². The Balaban J connectivity index is 2.86. The first-order valence-corrected chi connectivity index (χ1v) is 9.21. The van der Waals surface area contributed by atoms with Gasteiger partial charge < -0.3 is 11.1 Å². The molecule has 1 aromatic rings. The standard InChI is InChI=1S/C14H21BrN2O3S/c1-3-4-5-8-17-14(18)10(2)21(19,20)13-9-11(15)6-7-12(13)16/h6-7,9-10H,3-5,8,16H2,1-2H3,(H,17,18). The molecule has 118 valence electrons. The van der Waals surface area contributed by atoms with E-state index in [1.54, 1.807) is 6.07 Å². The summed E-state index contributed by atoms with van der Waals surface area (Å²) in [4.78, 5) is 12.0. The van der Waals surface area contributed by atoms with Crippen LogP contribution in [-0.2, 0) is 14.6 Å². The van der Waals surface area contributed by atoms with Crippen LogP contribution >= 0.6 is 15.9 Å². The van der Waals surface area contributed by atoms with Crippen molar-refractivity contribution in [3.63, 3.8) is 0 Å². The Morgan fingerprint density at radius 1 is 1.38 bits per heavy atom. The summed E-state index contributed by atoms with van der Waals surface area (Å²) >= 11 is 3.21. The summed E-state index contributed by atoms with van der Waals surface area (Å²) in [5.41, 5.74) is 5.86. The topological polar surface area (TPSA) is 89.3 Å². The molecule has 0 bridgehead atoms. The van der Waals surface area contributed by atoms with Crippen LogP contribution in [0.3, 0.4) is 0 Å². The average Bonchev–Trinajstić information content (AvgIpc) is 2.45. The molecule has 1 unspecified atom stereocenters. The van der Waals surface area contributed by atoms with Crippen LogP contribution in [0.2, 0.25) is 0 Å². The van der Waals surface area contributed by atoms with E-state index < -0.39 is 21.0 Å². The predicted octanol–water partition coefficient (Wildman–Crippen LogP) is 2.50. The molecule has 0 aliphatic carbocycles. The highest BCUT2D eigenvalue weighted by Gasteiger charge is 2.31. The van der Waals surface area contributed by atoms with Crippen molar-refractivity contribution >= 4 is 37.4 Å². The highest BCUT2D eigenvalue weighted by molar-refractivity contribution is 9.10. The van der Waals surface area contributed by atoms with Gasteiger partial charge in [0.25, 0.3) is 0 Å². The van der Waals surface area contributed by atoms with Crippen molar-refractivity contribution in [1.29, 1.82) is 0 Å². The fraction of sp³-hybridized carbons (Fsp3) is 0.500. The minimum absolute atomic E-state index is 0.0203. The van der Waals surface area contributed by atoms with Gasteiger partial charge in [-0.25, -0.2) is 8.42 Å². The highest BCUT2D eigenvalue weighted by atomic mass is 79.9. The van der Waals surface area contributed by atoms with E-state index in [4.69, 9.17) is 5.73 Å². The number of unbranched alkanes of at least 4 members (excludes halogenated alkanes) is 2. The van der Waals surface area contributed by atoms with Gasteiger partial charge in [-0.2, -0.15) is 0 Å². The number of anilines is 1. The summed E-state index contributed by atoms with van der Waals surface area (Å²) in [5.74, 6) is -0.495. The van der Waals surface area contributed by atoms with Gasteiger partial charge in [0.05, 0.1) is 10.6 Å². The number of carbonyl (C=O) groups excluding carboxylic acids is 1. The number of rotatable bonds is 7. The van der Waals surface area contributed by atoms with Crippen molar-refractivity contribution in [3.05, 3.63) is 22.7 Å². The minimum Gasteiger partial charge on any atom is -0.398 e. The molecule has 0 aliphatic rings. The van der Waals surface area contributed by atoms with Crippen molar-refractivity contribution in [2.45, 2.75) is 43.3 Å². The normalized spacial score (nSPS) is 12.9. The Bertz CT molecular complexity index is 602. The number of nitrogens with two attached hydrogens (primary N) is 1. The van der Waals surface area contributed by atoms with Crippen LogP contribution in [0.4, 0.5) is 5.69 Å². The summed E-state index contributed by atoms with van der Waals surface area (Å²) in [7, 11) is -3.80. The zero-order valence-electron chi connectivity index (χ0n) is 12.2. The Hall–Kier alpha value is -1.08. The van der Waals surface area contributed by atoms with Gasteiger partial charge in [0.1, 0.15) is 5.25 Å². The van der Waals surface area contributed by atoms with Crippen LogP contribution in [0.25, 0.3) is 0 Å². The number of halogens is 1. The lowest BCUT2D eigenvalue weighted by molar-refractivity contribution is -0.120. The van der Waals surface area contributed by atoms with E-state index in [0.717, 1.165) is 19.3 Å². The third kappa shape index (κ3) is 4.71. The molecule has 7 heteroatoms. The predicted molar refractivity (Wildman–Crippen MR) is 87.7 cm³/mol. The van der Waals surface area contributed by atoms with E-state index in [1.165, 1.54) is 19.1 Å². The molecule has 0 spiro atoms. The zero-order chi connectivity index (χ0) is 16.0. The molecule has 0 aromatic heterocycles. The van der Waals surface area contributed by atoms with Gasteiger partial charge in [-0.15, -0.1) is 0 Å². The van der Waals surface area contributed by atoms with E-state index in [2.05, 4.69) is 28.2 Å². The first kappa shape index (κ1) is 18.0. The number of hydrogen-bond acceptors (Lipinski definition) is 4. The largest absolute Gasteiger partial charge is 0.398 e. The number of amides is 1. The first-order valence-electron chi connectivity index (χ1n) is 6.87. The third-order valence-electron chi connectivity index (χ3n) is 3.20. The molecule has 0 saturated heterocycles. The smallest absolute Gasteiger partial charge is 0.238 e. The molecular weight excluding hydrogens is 356 g/mol. The molecule has 1 atom stereocenters. The van der Waals surface area contributed by atoms with Gasteiger partial charge in [-0.1, -0.05) is 35.7 Å². The van der Waals surface area contributed by atoms with E-state index >= 15 is 0 Å². The van der Waals surface area contributed by atoms with Crippen LogP contribution < -0.4 is 11.1 Å². The van der Waals surface area contributed by atoms with Crippen molar-refractivity contribution in [1.82, 2.24) is 5.32 Å². The van der Waals surface area contributed by atoms with E-state index in [9.17, 15) is 13.2 Å². The Labute approximate surface area is 134 Å². The Morgan fingerprint density at radius 3 is 2.67 bits per heavy atom. The molecule has 0 heterocycles. The second kappa shape index (κ2) is 7.79. The summed E-state index contributed by atoms with van der Waals surface area (Å²) in [5, 5.41) is 1.49. The molecule has 1 aromatic carbocycles.